The molecule has 3 aromatic rings. The summed E-state index contributed by atoms with van der Waals surface area (Å²) < 4.78 is 5.96. The van der Waals surface area contributed by atoms with E-state index in [4.69, 9.17) is 4.74 Å². The van der Waals surface area contributed by atoms with Crippen molar-refractivity contribution in [3.8, 4) is 5.88 Å². The van der Waals surface area contributed by atoms with Crippen LogP contribution in [0, 0.1) is 0 Å². The molecule has 0 aliphatic carbocycles. The smallest absolute Gasteiger partial charge is 0.256 e. The Bertz CT molecular complexity index is 913. The second-order valence-corrected chi connectivity index (χ2v) is 6.47. The molecule has 26 heavy (non-hydrogen) atoms. The average molecular weight is 348 g/mol. The van der Waals surface area contributed by atoms with Crippen molar-refractivity contribution < 1.29 is 14.6 Å². The lowest BCUT2D eigenvalue weighted by atomic mass is 10.1. The van der Waals surface area contributed by atoms with Crippen LogP contribution in [0.3, 0.4) is 0 Å². The summed E-state index contributed by atoms with van der Waals surface area (Å²) in [4.78, 5) is 18.7. The number of amides is 1. The Labute approximate surface area is 151 Å². The molecule has 0 saturated carbocycles. The van der Waals surface area contributed by atoms with Crippen LogP contribution < -0.4 is 4.74 Å². The number of fused-ring (bicyclic) bond motifs is 1. The number of aromatic nitrogens is 1. The number of carbonyl (C=O) groups excluding carboxylic acids is 1. The molecule has 0 bridgehead atoms. The molecule has 1 aliphatic heterocycles. The molecule has 5 nitrogen and oxygen atoms in total. The molecule has 1 fully saturated rings. The summed E-state index contributed by atoms with van der Waals surface area (Å²) in [5.41, 5.74) is 1.49. The first-order valence-electron chi connectivity index (χ1n) is 8.75. The summed E-state index contributed by atoms with van der Waals surface area (Å²) >= 11 is 0. The standard InChI is InChI=1S/C21H20N2O3/c24-20(16-7-2-1-3-8-16)21(25)23-13-12-17(14-23)26-19-11-10-15-6-4-5-9-18(15)22-19/h1-11,17,20,24H,12-14H2. The molecule has 4 rings (SSSR count). The SMILES string of the molecule is O=C(C(O)c1ccccc1)N1CCC(Oc2ccc3ccccc3n2)C1. The zero-order chi connectivity index (χ0) is 17.9. The highest BCUT2D eigenvalue weighted by Crippen LogP contribution is 2.23. The summed E-state index contributed by atoms with van der Waals surface area (Å²) in [6.07, 6.45) is -0.522. The zero-order valence-electron chi connectivity index (χ0n) is 14.3. The number of nitrogens with zero attached hydrogens (tertiary/aromatic N) is 2. The average Bonchev–Trinajstić information content (AvgIpc) is 3.16. The number of para-hydroxylation sites is 1. The van der Waals surface area contributed by atoms with Gasteiger partial charge in [-0.15, -0.1) is 0 Å². The van der Waals surface area contributed by atoms with Crippen LogP contribution in [0.25, 0.3) is 10.9 Å². The number of rotatable bonds is 4. The molecule has 2 heterocycles. The van der Waals surface area contributed by atoms with Crippen molar-refractivity contribution in [1.29, 1.82) is 0 Å². The van der Waals surface area contributed by atoms with Gasteiger partial charge in [0, 0.05) is 24.4 Å². The minimum absolute atomic E-state index is 0.115. The summed E-state index contributed by atoms with van der Waals surface area (Å²) in [6, 6.07) is 20.7. The molecular formula is C21H20N2O3. The van der Waals surface area contributed by atoms with Crippen LogP contribution >= 0.6 is 0 Å². The van der Waals surface area contributed by atoms with E-state index >= 15 is 0 Å². The molecule has 1 N–H and O–H groups in total. The van der Waals surface area contributed by atoms with E-state index in [2.05, 4.69) is 4.98 Å². The Balaban J connectivity index is 1.40. The Kier molecular flexibility index (Phi) is 4.54. The van der Waals surface area contributed by atoms with E-state index in [0.29, 0.717) is 24.5 Å². The fourth-order valence-corrected chi connectivity index (χ4v) is 3.26. The van der Waals surface area contributed by atoms with Crippen LogP contribution in [0.2, 0.25) is 0 Å². The minimum Gasteiger partial charge on any atom is -0.472 e. The Morgan fingerprint density at radius 2 is 1.85 bits per heavy atom. The summed E-state index contributed by atoms with van der Waals surface area (Å²) in [7, 11) is 0. The third-order valence-electron chi connectivity index (χ3n) is 4.67. The van der Waals surface area contributed by atoms with Crippen LogP contribution in [0.5, 0.6) is 5.88 Å². The van der Waals surface area contributed by atoms with Crippen LogP contribution in [0.1, 0.15) is 18.1 Å². The van der Waals surface area contributed by atoms with Gasteiger partial charge in [0.15, 0.2) is 6.10 Å². The number of likely N-dealkylation sites (tertiary alicyclic amines) is 1. The van der Waals surface area contributed by atoms with Crippen molar-refractivity contribution in [3.63, 3.8) is 0 Å². The Morgan fingerprint density at radius 3 is 2.69 bits per heavy atom. The second kappa shape index (κ2) is 7.14. The number of carbonyl (C=O) groups is 1. The van der Waals surface area contributed by atoms with Crippen molar-refractivity contribution in [2.75, 3.05) is 13.1 Å². The van der Waals surface area contributed by atoms with Gasteiger partial charge in [-0.2, -0.15) is 0 Å². The van der Waals surface area contributed by atoms with Gasteiger partial charge in [0.2, 0.25) is 5.88 Å². The van der Waals surface area contributed by atoms with Gasteiger partial charge in [-0.25, -0.2) is 4.98 Å². The van der Waals surface area contributed by atoms with Gasteiger partial charge in [-0.3, -0.25) is 4.79 Å². The largest absolute Gasteiger partial charge is 0.472 e. The molecule has 2 atom stereocenters. The first-order valence-corrected chi connectivity index (χ1v) is 8.75. The molecule has 2 unspecified atom stereocenters. The number of pyridine rings is 1. The molecule has 0 radical (unpaired) electrons. The lowest BCUT2D eigenvalue weighted by Crippen LogP contribution is -2.34. The highest BCUT2D eigenvalue weighted by atomic mass is 16.5. The molecule has 1 aromatic heterocycles. The maximum absolute atomic E-state index is 12.5. The van der Waals surface area contributed by atoms with Crippen LogP contribution in [-0.4, -0.2) is 40.1 Å². The Hall–Kier alpha value is -2.92. The van der Waals surface area contributed by atoms with Gasteiger partial charge >= 0.3 is 0 Å². The molecule has 1 amide bonds. The number of hydrogen-bond acceptors (Lipinski definition) is 4. The number of ether oxygens (including phenoxy) is 1. The number of aliphatic hydroxyl groups is 1. The first kappa shape index (κ1) is 16.5. The summed E-state index contributed by atoms with van der Waals surface area (Å²) in [5.74, 6) is 0.278. The van der Waals surface area contributed by atoms with Crippen molar-refractivity contribution in [2.24, 2.45) is 0 Å². The minimum atomic E-state index is -1.13. The molecular weight excluding hydrogens is 328 g/mol. The lowest BCUT2D eigenvalue weighted by molar-refractivity contribution is -0.139. The predicted molar refractivity (Wildman–Crippen MR) is 98.8 cm³/mol. The highest BCUT2D eigenvalue weighted by Gasteiger charge is 2.31. The molecule has 5 heteroatoms. The highest BCUT2D eigenvalue weighted by molar-refractivity contribution is 5.82. The first-order chi connectivity index (χ1) is 12.7. The molecule has 2 aromatic carbocycles. The fourth-order valence-electron chi connectivity index (χ4n) is 3.26. The quantitative estimate of drug-likeness (QED) is 0.787. The normalized spacial score (nSPS) is 18.0. The van der Waals surface area contributed by atoms with Crippen LogP contribution in [0.15, 0.2) is 66.7 Å². The topological polar surface area (TPSA) is 62.7 Å². The van der Waals surface area contributed by atoms with Crippen molar-refractivity contribution in [3.05, 3.63) is 72.3 Å². The van der Waals surface area contributed by atoms with Gasteiger partial charge < -0.3 is 14.7 Å². The van der Waals surface area contributed by atoms with Gasteiger partial charge in [-0.1, -0.05) is 48.5 Å². The van der Waals surface area contributed by atoms with Crippen molar-refractivity contribution >= 4 is 16.8 Å². The van der Waals surface area contributed by atoms with Crippen LogP contribution in [0.4, 0.5) is 0 Å². The van der Waals surface area contributed by atoms with Gasteiger partial charge in [0.1, 0.15) is 6.10 Å². The number of benzene rings is 2. The molecule has 1 saturated heterocycles. The van der Waals surface area contributed by atoms with Crippen molar-refractivity contribution in [2.45, 2.75) is 18.6 Å². The lowest BCUT2D eigenvalue weighted by Gasteiger charge is -2.20. The van der Waals surface area contributed by atoms with E-state index in [1.54, 1.807) is 17.0 Å². The van der Waals surface area contributed by atoms with E-state index in [1.165, 1.54) is 0 Å². The maximum Gasteiger partial charge on any atom is 0.256 e. The third kappa shape index (κ3) is 3.39. The van der Waals surface area contributed by atoms with E-state index in [9.17, 15) is 9.90 Å². The summed E-state index contributed by atoms with van der Waals surface area (Å²) in [5, 5.41) is 11.4. The Morgan fingerprint density at radius 1 is 1.08 bits per heavy atom. The van der Waals surface area contributed by atoms with E-state index in [0.717, 1.165) is 17.3 Å². The van der Waals surface area contributed by atoms with Gasteiger partial charge in [0.25, 0.3) is 5.91 Å². The predicted octanol–water partition coefficient (Wildman–Crippen LogP) is 2.95. The molecule has 0 spiro atoms. The monoisotopic (exact) mass is 348 g/mol. The zero-order valence-corrected chi connectivity index (χ0v) is 14.3. The fraction of sp³-hybridized carbons (Fsp3) is 0.238. The molecule has 132 valence electrons. The number of aliphatic hydroxyl groups excluding tert-OH is 1. The summed E-state index contributed by atoms with van der Waals surface area (Å²) in [6.45, 7) is 1.03. The van der Waals surface area contributed by atoms with Crippen molar-refractivity contribution in [1.82, 2.24) is 9.88 Å². The van der Waals surface area contributed by atoms with E-state index in [-0.39, 0.29) is 12.0 Å². The van der Waals surface area contributed by atoms with E-state index < -0.39 is 6.10 Å². The third-order valence-corrected chi connectivity index (χ3v) is 4.67. The van der Waals surface area contributed by atoms with Gasteiger partial charge in [0.05, 0.1) is 12.1 Å². The van der Waals surface area contributed by atoms with Gasteiger partial charge in [-0.05, 0) is 17.7 Å². The van der Waals surface area contributed by atoms with E-state index in [1.807, 2.05) is 54.6 Å². The second-order valence-electron chi connectivity index (χ2n) is 6.47. The maximum atomic E-state index is 12.5. The molecule has 1 aliphatic rings. The number of hydrogen-bond donors (Lipinski definition) is 1. The van der Waals surface area contributed by atoms with Crippen LogP contribution in [-0.2, 0) is 4.79 Å².